The van der Waals surface area contributed by atoms with Gasteiger partial charge in [0.05, 0.1) is 0 Å². The lowest BCUT2D eigenvalue weighted by atomic mass is 9.95. The summed E-state index contributed by atoms with van der Waals surface area (Å²) in [7, 11) is 0. The molecule has 0 atom stereocenters. The van der Waals surface area contributed by atoms with E-state index in [9.17, 15) is 5.21 Å². The summed E-state index contributed by atoms with van der Waals surface area (Å²) in [5.41, 5.74) is -0.0739. The zero-order chi connectivity index (χ0) is 25.2. The number of nitrogens with zero attached hydrogens (tertiary/aromatic N) is 1. The molecular weight excluding hydrogens is 414 g/mol. The Morgan fingerprint density at radius 2 is 0.676 bits per heavy atom. The molecule has 0 rings (SSSR count). The summed E-state index contributed by atoms with van der Waals surface area (Å²) >= 11 is 0. The fourth-order valence-corrected chi connectivity index (χ4v) is 5.11. The lowest BCUT2D eigenvalue weighted by molar-refractivity contribution is -0.165. The monoisotopic (exact) mass is 482 g/mol. The molecule has 0 aliphatic rings. The quantitative estimate of drug-likeness (QED) is 0.0886. The molecule has 0 aromatic rings. The molecule has 0 saturated heterocycles. The molecule has 0 heterocycles. The lowest BCUT2D eigenvalue weighted by Crippen LogP contribution is -2.42. The molecule has 0 aromatic heterocycles. The number of rotatable bonds is 28. The predicted molar refractivity (Wildman–Crippen MR) is 154 cm³/mol. The maximum Gasteiger partial charge on any atom is 0.0404 e. The molecule has 2 heteroatoms. The Kier molecular flexibility index (Phi) is 25.9. The van der Waals surface area contributed by atoms with Gasteiger partial charge in [0, 0.05) is 12.1 Å². The summed E-state index contributed by atoms with van der Waals surface area (Å²) in [5.74, 6) is 0. The van der Waals surface area contributed by atoms with Crippen LogP contribution in [0, 0.1) is 0 Å². The average molecular weight is 482 g/mol. The highest BCUT2D eigenvalue weighted by atomic mass is 16.5. The number of hydrogen-bond donors (Lipinski definition) is 1. The third kappa shape index (κ3) is 23.7. The lowest BCUT2D eigenvalue weighted by Gasteiger charge is -2.33. The minimum atomic E-state index is -0.0739. The molecule has 0 aromatic carbocycles. The molecule has 0 bridgehead atoms. The Morgan fingerprint density at radius 1 is 0.412 bits per heavy atom. The van der Waals surface area contributed by atoms with E-state index in [1.54, 1.807) is 5.06 Å². The van der Waals surface area contributed by atoms with E-state index in [0.29, 0.717) is 0 Å². The van der Waals surface area contributed by atoms with Crippen LogP contribution in [0.3, 0.4) is 0 Å². The van der Waals surface area contributed by atoms with Crippen LogP contribution in [-0.4, -0.2) is 22.4 Å². The van der Waals surface area contributed by atoms with Crippen LogP contribution in [0.25, 0.3) is 0 Å². The first-order valence-electron chi connectivity index (χ1n) is 16.0. The normalized spacial score (nSPS) is 12.2. The molecule has 0 radical (unpaired) electrons. The molecule has 2 nitrogen and oxygen atoms in total. The van der Waals surface area contributed by atoms with Crippen LogP contribution >= 0.6 is 0 Å². The van der Waals surface area contributed by atoms with E-state index in [1.165, 1.54) is 154 Å². The fourth-order valence-electron chi connectivity index (χ4n) is 5.11. The summed E-state index contributed by atoms with van der Waals surface area (Å²) in [6.45, 7) is 9.85. The zero-order valence-corrected chi connectivity index (χ0v) is 24.5. The predicted octanol–water partition coefficient (Wildman–Crippen LogP) is 11.6. The van der Waals surface area contributed by atoms with Crippen molar-refractivity contribution in [1.29, 1.82) is 0 Å². The van der Waals surface area contributed by atoms with Crippen LogP contribution in [-0.2, 0) is 0 Å². The van der Waals surface area contributed by atoms with E-state index in [1.807, 2.05) is 0 Å². The van der Waals surface area contributed by atoms with Crippen molar-refractivity contribution in [3.8, 4) is 0 Å². The SMILES string of the molecule is CCCCCCCCCCCCCCCC(C)(C)N(O)CCCCCCCCCCCCCC. The third-order valence-electron chi connectivity index (χ3n) is 7.81. The third-order valence-corrected chi connectivity index (χ3v) is 7.81. The van der Waals surface area contributed by atoms with Crippen LogP contribution in [0.2, 0.25) is 0 Å². The molecule has 0 spiro atoms. The molecule has 1 N–H and O–H groups in total. The molecule has 34 heavy (non-hydrogen) atoms. The zero-order valence-electron chi connectivity index (χ0n) is 24.5. The maximum absolute atomic E-state index is 10.6. The Labute approximate surface area is 217 Å². The molecule has 206 valence electrons. The van der Waals surface area contributed by atoms with Gasteiger partial charge >= 0.3 is 0 Å². The highest BCUT2D eigenvalue weighted by Gasteiger charge is 2.24. The van der Waals surface area contributed by atoms with Crippen molar-refractivity contribution in [2.75, 3.05) is 6.54 Å². The largest absolute Gasteiger partial charge is 0.313 e. The molecule has 0 unspecified atom stereocenters. The van der Waals surface area contributed by atoms with Gasteiger partial charge in [-0.3, -0.25) is 0 Å². The summed E-state index contributed by atoms with van der Waals surface area (Å²) < 4.78 is 0. The Bertz CT molecular complexity index is 381. The van der Waals surface area contributed by atoms with Crippen LogP contribution in [0.4, 0.5) is 0 Å². The van der Waals surface area contributed by atoms with Gasteiger partial charge in [-0.2, -0.15) is 5.06 Å². The van der Waals surface area contributed by atoms with Crippen molar-refractivity contribution in [3.63, 3.8) is 0 Å². The van der Waals surface area contributed by atoms with Crippen molar-refractivity contribution in [1.82, 2.24) is 5.06 Å². The van der Waals surface area contributed by atoms with E-state index in [0.717, 1.165) is 19.4 Å². The number of hydrogen-bond acceptors (Lipinski definition) is 2. The summed E-state index contributed by atoms with van der Waals surface area (Å²) in [6.07, 6.45) is 35.8. The Morgan fingerprint density at radius 3 is 1.00 bits per heavy atom. The second kappa shape index (κ2) is 26.0. The van der Waals surface area contributed by atoms with E-state index in [-0.39, 0.29) is 5.54 Å². The van der Waals surface area contributed by atoms with Crippen molar-refractivity contribution in [2.24, 2.45) is 0 Å². The van der Waals surface area contributed by atoms with Crippen LogP contribution in [0.1, 0.15) is 195 Å². The van der Waals surface area contributed by atoms with E-state index < -0.39 is 0 Å². The second-order valence-electron chi connectivity index (χ2n) is 11.8. The van der Waals surface area contributed by atoms with Gasteiger partial charge in [-0.15, -0.1) is 0 Å². The second-order valence-corrected chi connectivity index (χ2v) is 11.8. The van der Waals surface area contributed by atoms with Crippen molar-refractivity contribution in [2.45, 2.75) is 200 Å². The first-order chi connectivity index (χ1) is 16.5. The minimum Gasteiger partial charge on any atom is -0.313 e. The summed E-state index contributed by atoms with van der Waals surface area (Å²) in [5, 5.41) is 12.2. The first-order valence-corrected chi connectivity index (χ1v) is 16.0. The van der Waals surface area contributed by atoms with E-state index in [2.05, 4.69) is 27.7 Å². The van der Waals surface area contributed by atoms with Crippen LogP contribution in [0.15, 0.2) is 0 Å². The van der Waals surface area contributed by atoms with Crippen molar-refractivity contribution >= 4 is 0 Å². The molecule has 0 fully saturated rings. The highest BCUT2D eigenvalue weighted by molar-refractivity contribution is 4.76. The minimum absolute atomic E-state index is 0.0739. The van der Waals surface area contributed by atoms with Gasteiger partial charge in [0.15, 0.2) is 0 Å². The van der Waals surface area contributed by atoms with Gasteiger partial charge in [-0.1, -0.05) is 168 Å². The van der Waals surface area contributed by atoms with Crippen LogP contribution < -0.4 is 0 Å². The molecule has 0 aliphatic carbocycles. The first kappa shape index (κ1) is 33.9. The van der Waals surface area contributed by atoms with Crippen molar-refractivity contribution in [3.05, 3.63) is 0 Å². The van der Waals surface area contributed by atoms with Crippen molar-refractivity contribution < 1.29 is 5.21 Å². The highest BCUT2D eigenvalue weighted by Crippen LogP contribution is 2.22. The molecule has 0 amide bonds. The maximum atomic E-state index is 10.6. The number of hydroxylamine groups is 2. The topological polar surface area (TPSA) is 23.5 Å². The van der Waals surface area contributed by atoms with Gasteiger partial charge in [0.1, 0.15) is 0 Å². The van der Waals surface area contributed by atoms with Gasteiger partial charge in [0.25, 0.3) is 0 Å². The molecule has 0 saturated carbocycles. The van der Waals surface area contributed by atoms with Gasteiger partial charge in [0.2, 0.25) is 0 Å². The smallest absolute Gasteiger partial charge is 0.0404 e. The van der Waals surface area contributed by atoms with Gasteiger partial charge in [-0.05, 0) is 26.7 Å². The van der Waals surface area contributed by atoms with Gasteiger partial charge in [-0.25, -0.2) is 0 Å². The summed E-state index contributed by atoms with van der Waals surface area (Å²) in [6, 6.07) is 0. The Hall–Kier alpha value is -0.0800. The van der Waals surface area contributed by atoms with Gasteiger partial charge < -0.3 is 5.21 Å². The average Bonchev–Trinajstić information content (AvgIpc) is 2.82. The van der Waals surface area contributed by atoms with E-state index in [4.69, 9.17) is 0 Å². The molecule has 0 aliphatic heterocycles. The summed E-state index contributed by atoms with van der Waals surface area (Å²) in [4.78, 5) is 0. The fraction of sp³-hybridized carbons (Fsp3) is 1.00. The molecular formula is C32H67NO. The Balaban J connectivity index is 3.44. The van der Waals surface area contributed by atoms with Crippen LogP contribution in [0.5, 0.6) is 0 Å². The van der Waals surface area contributed by atoms with E-state index >= 15 is 0 Å². The standard InChI is InChI=1S/C32H67NO/c1-5-7-9-11-13-15-17-19-20-22-24-26-28-30-32(3,4)33(34)31-29-27-25-23-21-18-16-14-12-10-8-6-2/h34H,5-31H2,1-4H3. The number of unbranched alkanes of at least 4 members (excludes halogenated alkanes) is 23.